The maximum atomic E-state index is 12.7. The molecule has 2 atom stereocenters. The Hall–Kier alpha value is -3.63. The van der Waals surface area contributed by atoms with Crippen LogP contribution in [0.2, 0.25) is 5.02 Å². The van der Waals surface area contributed by atoms with Crippen LogP contribution in [0.5, 0.6) is 5.75 Å². The number of methoxy groups -OCH3 is 1. The number of carbonyl (C=O) groups excluding carboxylic acids is 2. The minimum absolute atomic E-state index is 0.0760. The topological polar surface area (TPSA) is 124 Å². The highest BCUT2D eigenvalue weighted by Crippen LogP contribution is 2.27. The third-order valence-electron chi connectivity index (χ3n) is 5.89. The van der Waals surface area contributed by atoms with Gasteiger partial charge in [-0.15, -0.1) is 0 Å². The van der Waals surface area contributed by atoms with Crippen LogP contribution in [0.25, 0.3) is 0 Å². The van der Waals surface area contributed by atoms with Gasteiger partial charge in [0.2, 0.25) is 5.91 Å². The Bertz CT molecular complexity index is 1110. The van der Waals surface area contributed by atoms with Crippen LogP contribution in [0.4, 0.5) is 10.5 Å². The number of piperidine rings is 1. The van der Waals surface area contributed by atoms with Gasteiger partial charge in [-0.2, -0.15) is 5.10 Å². The molecule has 0 bridgehead atoms. The lowest BCUT2D eigenvalue weighted by Gasteiger charge is -2.38. The van der Waals surface area contributed by atoms with E-state index in [4.69, 9.17) is 16.3 Å². The molecule has 0 aliphatic carbocycles. The standard InChI is InChI=1S/C24H28ClN7O3/c1-35-19-6-7-21(26-13-19)20-14-32(15-23(33)27-12-18-8-10-28-31-18)11-9-22(20)30-24(34)29-17-4-2-16(25)3-5-17/h2-8,10,13,20,22H,9,11-12,14-15H2,1H3,(H,27,33)(H,28,31)(H2,29,30,34). The molecule has 1 fully saturated rings. The number of rotatable bonds is 8. The van der Waals surface area contributed by atoms with Crippen LogP contribution in [0.15, 0.2) is 54.9 Å². The number of benzene rings is 1. The predicted octanol–water partition coefficient (Wildman–Crippen LogP) is 2.76. The Labute approximate surface area is 208 Å². The number of urea groups is 1. The van der Waals surface area contributed by atoms with E-state index >= 15 is 0 Å². The molecule has 4 rings (SSSR count). The second kappa shape index (κ2) is 11.7. The monoisotopic (exact) mass is 497 g/mol. The summed E-state index contributed by atoms with van der Waals surface area (Å²) in [6.07, 6.45) is 3.98. The summed E-state index contributed by atoms with van der Waals surface area (Å²) in [7, 11) is 1.59. The molecule has 11 heteroatoms. The highest BCUT2D eigenvalue weighted by atomic mass is 35.5. The number of hydrogen-bond donors (Lipinski definition) is 4. The lowest BCUT2D eigenvalue weighted by Crippen LogP contribution is -2.52. The zero-order valence-electron chi connectivity index (χ0n) is 19.3. The van der Waals surface area contributed by atoms with Crippen molar-refractivity contribution in [3.05, 3.63) is 71.3 Å². The Balaban J connectivity index is 1.40. The number of hydrogen-bond acceptors (Lipinski definition) is 6. The maximum Gasteiger partial charge on any atom is 0.319 e. The molecule has 1 aliphatic rings. The van der Waals surface area contributed by atoms with Crippen molar-refractivity contribution >= 4 is 29.2 Å². The molecule has 0 radical (unpaired) electrons. The fourth-order valence-electron chi connectivity index (χ4n) is 4.07. The van der Waals surface area contributed by atoms with E-state index in [1.165, 1.54) is 0 Å². The maximum absolute atomic E-state index is 12.7. The Morgan fingerprint density at radius 1 is 1.20 bits per heavy atom. The van der Waals surface area contributed by atoms with Gasteiger partial charge in [0.05, 0.1) is 32.1 Å². The lowest BCUT2D eigenvalue weighted by atomic mass is 9.88. The van der Waals surface area contributed by atoms with Crippen LogP contribution >= 0.6 is 11.6 Å². The van der Waals surface area contributed by atoms with E-state index in [-0.39, 0.29) is 30.4 Å². The number of ether oxygens (including phenoxy) is 1. The first-order valence-corrected chi connectivity index (χ1v) is 11.7. The zero-order valence-corrected chi connectivity index (χ0v) is 20.1. The summed E-state index contributed by atoms with van der Waals surface area (Å²) in [5.74, 6) is 0.476. The van der Waals surface area contributed by atoms with E-state index in [0.717, 1.165) is 11.4 Å². The first-order valence-electron chi connectivity index (χ1n) is 11.3. The van der Waals surface area contributed by atoms with E-state index in [1.807, 2.05) is 18.2 Å². The molecule has 3 heterocycles. The fourth-order valence-corrected chi connectivity index (χ4v) is 4.20. The minimum atomic E-state index is -0.304. The summed E-state index contributed by atoms with van der Waals surface area (Å²) in [5, 5.41) is 16.1. The lowest BCUT2D eigenvalue weighted by molar-refractivity contribution is -0.122. The second-order valence-corrected chi connectivity index (χ2v) is 8.76. The number of amides is 3. The van der Waals surface area contributed by atoms with Crippen LogP contribution < -0.4 is 20.7 Å². The van der Waals surface area contributed by atoms with Crippen molar-refractivity contribution in [2.45, 2.75) is 24.9 Å². The first-order chi connectivity index (χ1) is 17.0. The number of H-pyrrole nitrogens is 1. The smallest absolute Gasteiger partial charge is 0.319 e. The van der Waals surface area contributed by atoms with E-state index in [2.05, 4.69) is 36.0 Å². The summed E-state index contributed by atoms with van der Waals surface area (Å²) in [4.78, 5) is 31.9. The van der Waals surface area contributed by atoms with Crippen LogP contribution in [0, 0.1) is 0 Å². The minimum Gasteiger partial charge on any atom is -0.495 e. The molecule has 1 aromatic carbocycles. The highest BCUT2D eigenvalue weighted by Gasteiger charge is 2.33. The molecule has 2 unspecified atom stereocenters. The third-order valence-corrected chi connectivity index (χ3v) is 6.14. The summed E-state index contributed by atoms with van der Waals surface area (Å²) in [5.41, 5.74) is 2.32. The molecule has 35 heavy (non-hydrogen) atoms. The highest BCUT2D eigenvalue weighted by molar-refractivity contribution is 6.30. The number of anilines is 1. The number of nitrogens with one attached hydrogen (secondary N) is 4. The van der Waals surface area contributed by atoms with E-state index in [1.54, 1.807) is 43.8 Å². The van der Waals surface area contributed by atoms with E-state index < -0.39 is 0 Å². The molecular formula is C24H28ClN7O3. The Morgan fingerprint density at radius 2 is 2.03 bits per heavy atom. The van der Waals surface area contributed by atoms with Gasteiger partial charge in [0.25, 0.3) is 0 Å². The summed E-state index contributed by atoms with van der Waals surface area (Å²) in [6.45, 7) is 1.88. The normalized spacial score (nSPS) is 18.0. The molecule has 0 spiro atoms. The SMILES string of the molecule is COc1ccc(C2CN(CC(=O)NCc3ccn[nH]3)CCC2NC(=O)Nc2ccc(Cl)cc2)nc1. The third kappa shape index (κ3) is 6.93. The first kappa shape index (κ1) is 24.5. The van der Waals surface area contributed by atoms with Gasteiger partial charge in [-0.3, -0.25) is 19.8 Å². The Morgan fingerprint density at radius 3 is 2.71 bits per heavy atom. The van der Waals surface area contributed by atoms with Gasteiger partial charge in [-0.25, -0.2) is 4.79 Å². The largest absolute Gasteiger partial charge is 0.495 e. The molecular weight excluding hydrogens is 470 g/mol. The number of pyridine rings is 1. The zero-order chi connectivity index (χ0) is 24.6. The van der Waals surface area contributed by atoms with Gasteiger partial charge < -0.3 is 20.7 Å². The van der Waals surface area contributed by atoms with Crippen molar-refractivity contribution in [3.63, 3.8) is 0 Å². The molecule has 1 aliphatic heterocycles. The van der Waals surface area contributed by atoms with Crippen molar-refractivity contribution in [2.24, 2.45) is 0 Å². The van der Waals surface area contributed by atoms with Gasteiger partial charge in [0, 0.05) is 47.7 Å². The molecule has 184 valence electrons. The van der Waals surface area contributed by atoms with Crippen LogP contribution in [0.3, 0.4) is 0 Å². The van der Waals surface area contributed by atoms with Crippen molar-refractivity contribution < 1.29 is 14.3 Å². The molecule has 0 saturated carbocycles. The van der Waals surface area contributed by atoms with Crippen LogP contribution in [-0.2, 0) is 11.3 Å². The fraction of sp³-hybridized carbons (Fsp3) is 0.333. The van der Waals surface area contributed by atoms with Gasteiger partial charge in [-0.05, 0) is 48.9 Å². The van der Waals surface area contributed by atoms with Crippen LogP contribution in [0.1, 0.15) is 23.7 Å². The van der Waals surface area contributed by atoms with Gasteiger partial charge in [-0.1, -0.05) is 11.6 Å². The number of nitrogens with zero attached hydrogens (tertiary/aromatic N) is 3. The number of likely N-dealkylation sites (tertiary alicyclic amines) is 1. The average molecular weight is 498 g/mol. The van der Waals surface area contributed by atoms with Crippen molar-refractivity contribution in [3.8, 4) is 5.75 Å². The van der Waals surface area contributed by atoms with Crippen LogP contribution in [-0.4, -0.2) is 64.8 Å². The van der Waals surface area contributed by atoms with Crippen molar-refractivity contribution in [2.75, 3.05) is 32.1 Å². The summed E-state index contributed by atoms with van der Waals surface area (Å²) < 4.78 is 5.23. The summed E-state index contributed by atoms with van der Waals surface area (Å²) >= 11 is 5.93. The molecule has 3 amide bonds. The molecule has 1 saturated heterocycles. The molecule has 2 aromatic heterocycles. The molecule has 10 nitrogen and oxygen atoms in total. The quantitative estimate of drug-likeness (QED) is 0.379. The molecule has 4 N–H and O–H groups in total. The predicted molar refractivity (Wildman–Crippen MR) is 132 cm³/mol. The van der Waals surface area contributed by atoms with Gasteiger partial charge in [0.15, 0.2) is 0 Å². The number of carbonyl (C=O) groups is 2. The average Bonchev–Trinajstić information content (AvgIpc) is 3.39. The van der Waals surface area contributed by atoms with Crippen molar-refractivity contribution in [1.29, 1.82) is 0 Å². The van der Waals surface area contributed by atoms with E-state index in [0.29, 0.717) is 42.5 Å². The van der Waals surface area contributed by atoms with Gasteiger partial charge in [0.1, 0.15) is 5.75 Å². The van der Waals surface area contributed by atoms with E-state index in [9.17, 15) is 9.59 Å². The Kier molecular flexibility index (Phi) is 8.17. The number of halogens is 1. The molecule has 3 aromatic rings. The summed E-state index contributed by atoms with van der Waals surface area (Å²) in [6, 6.07) is 12.0. The number of aromatic nitrogens is 3. The number of aromatic amines is 1. The second-order valence-electron chi connectivity index (χ2n) is 8.32. The van der Waals surface area contributed by atoms with Gasteiger partial charge >= 0.3 is 6.03 Å². The van der Waals surface area contributed by atoms with Crippen molar-refractivity contribution in [1.82, 2.24) is 30.7 Å².